The number of hydrogen-bond donors (Lipinski definition) is 0. The van der Waals surface area contributed by atoms with E-state index in [4.69, 9.17) is 42.6 Å². The van der Waals surface area contributed by atoms with Crippen molar-refractivity contribution in [2.45, 2.75) is 5.41 Å². The number of hydrogen-bond acceptors (Lipinski definition) is 13. The molecule has 0 saturated heterocycles. The van der Waals surface area contributed by atoms with Crippen molar-refractivity contribution < 1.29 is 42.6 Å². The van der Waals surface area contributed by atoms with E-state index in [1.54, 1.807) is 56.9 Å². The third-order valence-electron chi connectivity index (χ3n) is 19.7. The van der Waals surface area contributed by atoms with E-state index in [-0.39, 0.29) is 0 Å². The van der Waals surface area contributed by atoms with Crippen molar-refractivity contribution in [2.24, 2.45) is 0 Å². The van der Waals surface area contributed by atoms with Gasteiger partial charge in [0.25, 0.3) is 0 Å². The Labute approximate surface area is 593 Å². The van der Waals surface area contributed by atoms with E-state index in [1.807, 2.05) is 97.1 Å². The maximum Gasteiger partial charge on any atom is 0.140 e. The molecule has 0 aromatic heterocycles. The van der Waals surface area contributed by atoms with Gasteiger partial charge in [-0.15, -0.1) is 0 Å². The summed E-state index contributed by atoms with van der Waals surface area (Å²) in [6, 6.07) is 102. The Kier molecular flexibility index (Phi) is 16.7. The van der Waals surface area contributed by atoms with Crippen LogP contribution in [0.25, 0.3) is 32.7 Å². The molecule has 0 unspecified atom stereocenters. The lowest BCUT2D eigenvalue weighted by atomic mass is 9.64. The van der Waals surface area contributed by atoms with Crippen LogP contribution in [0.2, 0.25) is 0 Å². The van der Waals surface area contributed by atoms with E-state index in [9.17, 15) is 0 Å². The Hall–Kier alpha value is -13.0. The molecule has 0 N–H and O–H groups in total. The number of fused-ring (bicyclic) bond motifs is 13. The van der Waals surface area contributed by atoms with Gasteiger partial charge in [0.05, 0.1) is 73.7 Å². The molecule has 13 heteroatoms. The lowest BCUT2D eigenvalue weighted by Crippen LogP contribution is -2.33. The SMILES string of the molecule is COc1ccc(N(c2ccc(OC)cc2)c2ccc3c(c2)C2(c4cc(N(c5ccc(OC)cc5)c5ccc(OC)cc5)ccc4-3)c3cc(N(c4ccc(OC)cc4)c4ccc(OC)cc4)c4ccccc4c3Oc3c2cc(N(c2ccc(OC)cc2)c2ccc(OC)cc2)c2ccccc32)cc1. The van der Waals surface area contributed by atoms with Gasteiger partial charge < -0.3 is 62.2 Å². The molecule has 0 saturated carbocycles. The molecule has 1 spiro atoms. The zero-order chi connectivity index (χ0) is 69.6. The quantitative estimate of drug-likeness (QED) is 0.0725. The summed E-state index contributed by atoms with van der Waals surface area (Å²) in [5.74, 6) is 7.32. The van der Waals surface area contributed by atoms with Crippen LogP contribution >= 0.6 is 0 Å². The number of ether oxygens (including phenoxy) is 9. The van der Waals surface area contributed by atoms with Gasteiger partial charge >= 0.3 is 0 Å². The third-order valence-corrected chi connectivity index (χ3v) is 19.7. The Morgan fingerprint density at radius 1 is 0.216 bits per heavy atom. The monoisotopic (exact) mass is 1340 g/mol. The lowest BCUT2D eigenvalue weighted by Gasteiger charge is -2.43. The maximum absolute atomic E-state index is 8.08. The van der Waals surface area contributed by atoms with Crippen LogP contribution in [0.4, 0.5) is 68.2 Å². The van der Waals surface area contributed by atoms with Gasteiger partial charge in [0.2, 0.25) is 0 Å². The molecule has 102 heavy (non-hydrogen) atoms. The van der Waals surface area contributed by atoms with Crippen LogP contribution in [0.1, 0.15) is 22.3 Å². The van der Waals surface area contributed by atoms with Gasteiger partial charge in [-0.3, -0.25) is 0 Å². The first-order chi connectivity index (χ1) is 50.2. The molecule has 13 nitrogen and oxygen atoms in total. The molecule has 1 aliphatic carbocycles. The Bertz CT molecular complexity index is 4880. The minimum Gasteiger partial charge on any atom is -0.497 e. The summed E-state index contributed by atoms with van der Waals surface area (Å²) >= 11 is 0. The molecule has 0 radical (unpaired) electrons. The first-order valence-corrected chi connectivity index (χ1v) is 33.6. The van der Waals surface area contributed by atoms with Crippen LogP contribution in [0.5, 0.6) is 57.5 Å². The van der Waals surface area contributed by atoms with Gasteiger partial charge in [-0.1, -0.05) is 60.7 Å². The Balaban J connectivity index is 1.09. The zero-order valence-corrected chi connectivity index (χ0v) is 57.7. The molecule has 1 heterocycles. The second kappa shape index (κ2) is 26.7. The fourth-order valence-electron chi connectivity index (χ4n) is 14.8. The van der Waals surface area contributed by atoms with Crippen LogP contribution in [-0.2, 0) is 5.41 Å². The predicted octanol–water partition coefficient (Wildman–Crippen LogP) is 22.4. The largest absolute Gasteiger partial charge is 0.497 e. The van der Waals surface area contributed by atoms with Crippen LogP contribution < -0.4 is 62.2 Å². The molecule has 0 amide bonds. The van der Waals surface area contributed by atoms with Gasteiger partial charge in [0.1, 0.15) is 57.5 Å². The van der Waals surface area contributed by atoms with E-state index < -0.39 is 5.41 Å². The van der Waals surface area contributed by atoms with Crippen molar-refractivity contribution in [3.05, 3.63) is 313 Å². The highest BCUT2D eigenvalue weighted by Gasteiger charge is 2.54. The van der Waals surface area contributed by atoms with Crippen molar-refractivity contribution in [2.75, 3.05) is 76.5 Å². The standard InChI is InChI=1S/C89H72N4O9/c1-94-67-35-17-57(18-36-67)90(58-19-37-68(95-2)38-20-58)65-33-51-75-76-52-34-66(91(59-21-39-69(96-3)40-22-59)60-23-41-70(97-4)42-24-60)54-82(76)89(81(75)53-65)83-55-85(92(61-25-43-71(98-5)44-26-61)62-27-45-72(99-6)46-28-62)77-13-9-11-15-79(77)87(83)102-88-80-16-12-10-14-78(80)86(56-84(88)89)93(63-29-47-73(100-7)48-30-63)64-31-49-74(101-8)50-32-64/h9-56H,1-8H3. The first-order valence-electron chi connectivity index (χ1n) is 33.6. The second-order valence-corrected chi connectivity index (χ2v) is 24.9. The van der Waals surface area contributed by atoms with E-state index in [1.165, 1.54) is 0 Å². The van der Waals surface area contributed by atoms with Crippen molar-refractivity contribution in [1.29, 1.82) is 0 Å². The van der Waals surface area contributed by atoms with Gasteiger partial charge in [-0.2, -0.15) is 0 Å². The molecule has 0 bridgehead atoms. The van der Waals surface area contributed by atoms with Gasteiger partial charge in [-0.05, 0) is 253 Å². The lowest BCUT2D eigenvalue weighted by molar-refractivity contribution is 0.414. The smallest absolute Gasteiger partial charge is 0.140 e. The van der Waals surface area contributed by atoms with Crippen molar-refractivity contribution in [3.63, 3.8) is 0 Å². The molecule has 14 aromatic rings. The molecular formula is C89H72N4O9. The van der Waals surface area contributed by atoms with Crippen LogP contribution in [0, 0.1) is 0 Å². The summed E-state index contributed by atoms with van der Waals surface area (Å²) in [5.41, 5.74) is 15.6. The highest BCUT2D eigenvalue weighted by atomic mass is 16.5. The summed E-state index contributed by atoms with van der Waals surface area (Å²) in [4.78, 5) is 9.28. The van der Waals surface area contributed by atoms with Crippen LogP contribution in [0.15, 0.2) is 291 Å². The van der Waals surface area contributed by atoms with E-state index in [2.05, 4.69) is 214 Å². The molecule has 16 rings (SSSR count). The summed E-state index contributed by atoms with van der Waals surface area (Å²) in [7, 11) is 13.6. The Morgan fingerprint density at radius 2 is 0.431 bits per heavy atom. The average Bonchev–Trinajstić information content (AvgIpc) is 1.44. The maximum atomic E-state index is 8.08. The van der Waals surface area contributed by atoms with Crippen molar-refractivity contribution in [1.82, 2.24) is 0 Å². The topological polar surface area (TPSA) is 96.0 Å². The predicted molar refractivity (Wildman–Crippen MR) is 410 cm³/mol. The highest BCUT2D eigenvalue weighted by molar-refractivity contribution is 6.10. The fourth-order valence-corrected chi connectivity index (χ4v) is 14.8. The van der Waals surface area contributed by atoms with Gasteiger partial charge in [0, 0.05) is 89.5 Å². The normalized spacial score (nSPS) is 12.1. The third kappa shape index (κ3) is 10.9. The Morgan fingerprint density at radius 3 is 0.667 bits per heavy atom. The molecular weight excluding hydrogens is 1270 g/mol. The summed E-state index contributed by atoms with van der Waals surface area (Å²) < 4.78 is 54.7. The van der Waals surface area contributed by atoms with Crippen LogP contribution in [-0.4, -0.2) is 56.9 Å². The molecule has 0 atom stereocenters. The number of rotatable bonds is 20. The summed E-state index contributed by atoms with van der Waals surface area (Å²) in [5, 5.41) is 3.74. The molecule has 1 aliphatic heterocycles. The number of anilines is 12. The molecule has 2 aliphatic rings. The van der Waals surface area contributed by atoms with E-state index in [0.717, 1.165) is 169 Å². The van der Waals surface area contributed by atoms with Gasteiger partial charge in [-0.25, -0.2) is 0 Å². The van der Waals surface area contributed by atoms with E-state index in [0.29, 0.717) is 11.5 Å². The second-order valence-electron chi connectivity index (χ2n) is 24.9. The van der Waals surface area contributed by atoms with Gasteiger partial charge in [0.15, 0.2) is 0 Å². The fraction of sp³-hybridized carbons (Fsp3) is 0.101. The van der Waals surface area contributed by atoms with Crippen molar-refractivity contribution in [3.8, 4) is 68.6 Å². The number of benzene rings is 14. The summed E-state index contributed by atoms with van der Waals surface area (Å²) in [6.07, 6.45) is 0. The average molecular weight is 1340 g/mol. The van der Waals surface area contributed by atoms with E-state index >= 15 is 0 Å². The zero-order valence-electron chi connectivity index (χ0n) is 57.7. The van der Waals surface area contributed by atoms with Crippen molar-refractivity contribution >= 4 is 89.8 Å². The molecule has 502 valence electrons. The molecule has 0 fully saturated rings. The first kappa shape index (κ1) is 63.7. The number of methoxy groups -OCH3 is 8. The number of nitrogens with zero attached hydrogens (tertiary/aromatic N) is 4. The van der Waals surface area contributed by atoms with Crippen LogP contribution in [0.3, 0.4) is 0 Å². The molecule has 14 aromatic carbocycles. The minimum atomic E-state index is -1.26. The minimum absolute atomic E-state index is 0.713. The highest BCUT2D eigenvalue weighted by Crippen LogP contribution is 2.67. The summed E-state index contributed by atoms with van der Waals surface area (Å²) in [6.45, 7) is 0.